The van der Waals surface area contributed by atoms with Gasteiger partial charge in [0.15, 0.2) is 0 Å². The summed E-state index contributed by atoms with van der Waals surface area (Å²) >= 11 is 17.8. The molecule has 22 heavy (non-hydrogen) atoms. The number of halogens is 3. The molecule has 124 valence electrons. The third-order valence-corrected chi connectivity index (χ3v) is 3.88. The smallest absolute Gasteiger partial charge is 0.228 e. The highest BCUT2D eigenvalue weighted by molar-refractivity contribution is 6.68. The van der Waals surface area contributed by atoms with Gasteiger partial charge in [0, 0.05) is 12.1 Å². The van der Waals surface area contributed by atoms with E-state index in [4.69, 9.17) is 34.8 Å². The summed E-state index contributed by atoms with van der Waals surface area (Å²) in [5, 5.41) is 5.78. The van der Waals surface area contributed by atoms with Crippen LogP contribution in [0.2, 0.25) is 0 Å². The van der Waals surface area contributed by atoms with Gasteiger partial charge in [-0.1, -0.05) is 85.6 Å². The minimum Gasteiger partial charge on any atom is -0.362 e. The maximum atomic E-state index is 12.0. The molecule has 0 saturated carbocycles. The lowest BCUT2D eigenvalue weighted by Crippen LogP contribution is -2.49. The number of unbranched alkanes of at least 4 members (excludes halogenated alkanes) is 4. The summed E-state index contributed by atoms with van der Waals surface area (Å²) < 4.78 is -1.63. The van der Waals surface area contributed by atoms with Crippen molar-refractivity contribution in [3.63, 3.8) is 0 Å². The maximum Gasteiger partial charge on any atom is 0.228 e. The number of rotatable bonds is 9. The molecule has 0 aliphatic heterocycles. The Bertz CT molecular complexity index is 435. The second-order valence-electron chi connectivity index (χ2n) is 5.22. The number of hydrogen-bond donors (Lipinski definition) is 2. The maximum absolute atomic E-state index is 12.0. The molecule has 1 amide bonds. The van der Waals surface area contributed by atoms with E-state index in [9.17, 15) is 4.79 Å². The zero-order chi connectivity index (χ0) is 16.4. The Kier molecular flexibility index (Phi) is 8.99. The zero-order valence-corrected chi connectivity index (χ0v) is 15.0. The third kappa shape index (κ3) is 8.11. The van der Waals surface area contributed by atoms with Crippen LogP contribution in [0.4, 0.5) is 5.69 Å². The Hall–Kier alpha value is -0.640. The molecule has 6 heteroatoms. The van der Waals surface area contributed by atoms with Crippen molar-refractivity contribution in [2.24, 2.45) is 0 Å². The molecule has 1 aromatic rings. The Morgan fingerprint density at radius 3 is 2.32 bits per heavy atom. The van der Waals surface area contributed by atoms with Gasteiger partial charge in [-0.15, -0.1) is 0 Å². The number of nitrogens with one attached hydrogen (secondary N) is 2. The molecule has 0 aliphatic carbocycles. The van der Waals surface area contributed by atoms with Crippen molar-refractivity contribution in [3.8, 4) is 0 Å². The van der Waals surface area contributed by atoms with E-state index < -0.39 is 9.96 Å². The van der Waals surface area contributed by atoms with Crippen molar-refractivity contribution in [2.75, 3.05) is 5.32 Å². The predicted molar refractivity (Wildman–Crippen MR) is 95.7 cm³/mol. The molecule has 0 spiro atoms. The highest BCUT2D eigenvalue weighted by Gasteiger charge is 2.33. The van der Waals surface area contributed by atoms with Crippen LogP contribution in [0.5, 0.6) is 0 Å². The van der Waals surface area contributed by atoms with Crippen LogP contribution in [-0.4, -0.2) is 15.9 Å². The first-order valence-electron chi connectivity index (χ1n) is 7.61. The van der Waals surface area contributed by atoms with Crippen LogP contribution in [0.25, 0.3) is 0 Å². The van der Waals surface area contributed by atoms with Gasteiger partial charge in [0.05, 0.1) is 0 Å². The summed E-state index contributed by atoms with van der Waals surface area (Å²) in [4.78, 5) is 12.0. The average molecular weight is 366 g/mol. The lowest BCUT2D eigenvalue weighted by atomic mass is 10.1. The van der Waals surface area contributed by atoms with Crippen LogP contribution in [0.1, 0.15) is 45.4 Å². The van der Waals surface area contributed by atoms with Crippen LogP contribution >= 0.6 is 34.8 Å². The molecule has 0 radical (unpaired) electrons. The van der Waals surface area contributed by atoms with Crippen molar-refractivity contribution < 1.29 is 4.79 Å². The molecule has 1 rings (SSSR count). The second-order valence-corrected chi connectivity index (χ2v) is 7.59. The van der Waals surface area contributed by atoms with Gasteiger partial charge in [-0.2, -0.15) is 0 Å². The van der Waals surface area contributed by atoms with E-state index in [0.29, 0.717) is 6.42 Å². The van der Waals surface area contributed by atoms with E-state index in [1.54, 1.807) is 0 Å². The molecule has 3 nitrogen and oxygen atoms in total. The van der Waals surface area contributed by atoms with Gasteiger partial charge in [0.25, 0.3) is 0 Å². The number of benzene rings is 1. The van der Waals surface area contributed by atoms with Crippen molar-refractivity contribution in [1.29, 1.82) is 0 Å². The highest BCUT2D eigenvalue weighted by Crippen LogP contribution is 2.31. The number of amides is 1. The molecule has 0 fully saturated rings. The first kappa shape index (κ1) is 19.4. The fourth-order valence-electron chi connectivity index (χ4n) is 2.02. The molecule has 1 atom stereocenters. The van der Waals surface area contributed by atoms with Crippen molar-refractivity contribution in [2.45, 2.75) is 55.4 Å². The van der Waals surface area contributed by atoms with E-state index in [0.717, 1.165) is 24.9 Å². The number of carbonyl (C=O) groups is 1. The third-order valence-electron chi connectivity index (χ3n) is 3.22. The molecule has 0 unspecified atom stereocenters. The fourth-order valence-corrected chi connectivity index (χ4v) is 2.35. The minimum absolute atomic E-state index is 0.115. The number of anilines is 1. The molecule has 0 saturated heterocycles. The van der Waals surface area contributed by atoms with Crippen LogP contribution < -0.4 is 10.6 Å². The summed E-state index contributed by atoms with van der Waals surface area (Å²) in [7, 11) is 0. The molecule has 0 heterocycles. The number of alkyl halides is 3. The van der Waals surface area contributed by atoms with Gasteiger partial charge < -0.3 is 10.6 Å². The zero-order valence-electron chi connectivity index (χ0n) is 12.7. The van der Waals surface area contributed by atoms with Gasteiger partial charge in [0.1, 0.15) is 6.17 Å². The van der Waals surface area contributed by atoms with Crippen LogP contribution in [0.15, 0.2) is 30.3 Å². The number of hydrogen-bond acceptors (Lipinski definition) is 2. The molecule has 0 aliphatic rings. The SMILES string of the molecule is CCCCCCCC(=O)N[C@H](Nc1ccccc1)C(Cl)(Cl)Cl. The lowest BCUT2D eigenvalue weighted by molar-refractivity contribution is -0.121. The Morgan fingerprint density at radius 2 is 1.73 bits per heavy atom. The van der Waals surface area contributed by atoms with Crippen LogP contribution in [0.3, 0.4) is 0 Å². The summed E-state index contributed by atoms with van der Waals surface area (Å²) in [6, 6.07) is 9.33. The van der Waals surface area contributed by atoms with Crippen molar-refractivity contribution in [1.82, 2.24) is 5.32 Å². The van der Waals surface area contributed by atoms with Crippen LogP contribution in [-0.2, 0) is 4.79 Å². The quantitative estimate of drug-likeness (QED) is 0.355. The molecular formula is C16H23Cl3N2O. The predicted octanol–water partition coefficient (Wildman–Crippen LogP) is 5.27. The van der Waals surface area contributed by atoms with E-state index in [2.05, 4.69) is 17.6 Å². The molecule has 2 N–H and O–H groups in total. The largest absolute Gasteiger partial charge is 0.362 e. The van der Waals surface area contributed by atoms with Gasteiger partial charge in [-0.05, 0) is 18.6 Å². The van der Waals surface area contributed by atoms with E-state index in [1.807, 2.05) is 30.3 Å². The second kappa shape index (κ2) is 10.2. The Labute approximate surface area is 147 Å². The number of para-hydroxylation sites is 1. The average Bonchev–Trinajstić information content (AvgIpc) is 2.46. The first-order chi connectivity index (χ1) is 10.4. The monoisotopic (exact) mass is 364 g/mol. The van der Waals surface area contributed by atoms with E-state index in [1.165, 1.54) is 12.8 Å². The molecule has 0 bridgehead atoms. The minimum atomic E-state index is -1.63. The normalized spacial score (nSPS) is 12.7. The Balaban J connectivity index is 2.46. The summed E-state index contributed by atoms with van der Waals surface area (Å²) in [5.74, 6) is -0.115. The molecular weight excluding hydrogens is 343 g/mol. The highest BCUT2D eigenvalue weighted by atomic mass is 35.6. The Morgan fingerprint density at radius 1 is 1.09 bits per heavy atom. The van der Waals surface area contributed by atoms with Gasteiger partial charge in [0.2, 0.25) is 9.70 Å². The molecule has 1 aromatic carbocycles. The van der Waals surface area contributed by atoms with Crippen molar-refractivity contribution >= 4 is 46.4 Å². The topological polar surface area (TPSA) is 41.1 Å². The van der Waals surface area contributed by atoms with E-state index >= 15 is 0 Å². The lowest BCUT2D eigenvalue weighted by Gasteiger charge is -2.27. The van der Waals surface area contributed by atoms with Crippen LogP contribution in [0, 0.1) is 0 Å². The standard InChI is InChI=1S/C16H23Cl3N2O/c1-2-3-4-5-9-12-14(22)21-15(16(17,18)19)20-13-10-7-6-8-11-13/h6-8,10-11,15,20H,2-5,9,12H2,1H3,(H,21,22)/t15-/m0/s1. The first-order valence-corrected chi connectivity index (χ1v) is 8.74. The van der Waals surface area contributed by atoms with Gasteiger partial charge in [-0.3, -0.25) is 4.79 Å². The summed E-state index contributed by atoms with van der Waals surface area (Å²) in [6.07, 6.45) is 5.10. The van der Waals surface area contributed by atoms with Gasteiger partial charge >= 0.3 is 0 Å². The number of carbonyl (C=O) groups excluding carboxylic acids is 1. The van der Waals surface area contributed by atoms with Gasteiger partial charge in [-0.25, -0.2) is 0 Å². The summed E-state index contributed by atoms with van der Waals surface area (Å²) in [5.41, 5.74) is 0.780. The fraction of sp³-hybridized carbons (Fsp3) is 0.562. The molecule has 0 aromatic heterocycles. The van der Waals surface area contributed by atoms with E-state index in [-0.39, 0.29) is 5.91 Å². The summed E-state index contributed by atoms with van der Waals surface area (Å²) in [6.45, 7) is 2.16. The van der Waals surface area contributed by atoms with Crippen molar-refractivity contribution in [3.05, 3.63) is 30.3 Å².